The highest BCUT2D eigenvalue weighted by atomic mass is 32.2. The van der Waals surface area contributed by atoms with Crippen LogP contribution in [0.3, 0.4) is 0 Å². The number of allylic oxidation sites excluding steroid dienone is 2. The molecule has 0 radical (unpaired) electrons. The van der Waals surface area contributed by atoms with Gasteiger partial charge in [-0.05, 0) is 56.7 Å². The van der Waals surface area contributed by atoms with Gasteiger partial charge in [0.15, 0.2) is 23.1 Å². The minimum atomic E-state index is -1.12. The first kappa shape index (κ1) is 53.1. The van der Waals surface area contributed by atoms with E-state index in [1.807, 2.05) is 219 Å². The molecule has 2 atom stereocenters. The summed E-state index contributed by atoms with van der Waals surface area (Å²) in [6.07, 6.45) is 2.48. The van der Waals surface area contributed by atoms with Crippen LogP contribution in [0.4, 0.5) is 5.13 Å². The van der Waals surface area contributed by atoms with Crippen molar-refractivity contribution in [1.82, 2.24) is 15.2 Å². The van der Waals surface area contributed by atoms with E-state index in [0.717, 1.165) is 38.9 Å². The molecule has 10 rings (SSSR count). The summed E-state index contributed by atoms with van der Waals surface area (Å²) in [7, 11) is 0. The molecule has 2 amide bonds. The van der Waals surface area contributed by atoms with Gasteiger partial charge in [-0.25, -0.2) is 14.6 Å². The molecule has 1 aromatic heterocycles. The lowest BCUT2D eigenvalue weighted by Gasteiger charge is -2.49. The molecule has 0 spiro atoms. The first-order valence-corrected chi connectivity index (χ1v) is 27.6. The van der Waals surface area contributed by atoms with Gasteiger partial charge in [-0.1, -0.05) is 236 Å². The van der Waals surface area contributed by atoms with E-state index in [0.29, 0.717) is 22.9 Å². The number of anilines is 1. The van der Waals surface area contributed by atoms with Crippen LogP contribution < -0.4 is 10.6 Å². The Balaban J connectivity index is 0.962. The largest absolute Gasteiger partial charge is 0.450 e. The number of carbonyl (C=O) groups excluding carboxylic acids is 4. The number of nitrogens with one attached hydrogen (secondary N) is 2. The molecule has 1 fully saturated rings. The van der Waals surface area contributed by atoms with Crippen LogP contribution in [0.5, 0.6) is 0 Å². The number of hydrogen-bond acceptors (Lipinski definition) is 12. The molecule has 14 heteroatoms. The molecule has 2 aliphatic rings. The van der Waals surface area contributed by atoms with E-state index in [4.69, 9.17) is 19.3 Å². The first-order chi connectivity index (χ1) is 38.8. The second-order valence-electron chi connectivity index (χ2n) is 18.3. The fourth-order valence-electron chi connectivity index (χ4n) is 9.51. The average Bonchev–Trinajstić information content (AvgIpc) is 4.13. The molecule has 3 heterocycles. The number of aromatic nitrogens is 1. The van der Waals surface area contributed by atoms with Crippen molar-refractivity contribution < 1.29 is 33.5 Å². The number of β-lactam (4-membered cyclic amide) rings is 1. The number of ether oxygens (including phenoxy) is 2. The molecular weight excluding hydrogens is 1030 g/mol. The molecule has 79 heavy (non-hydrogen) atoms. The van der Waals surface area contributed by atoms with Crippen molar-refractivity contribution in [2.24, 2.45) is 5.16 Å². The summed E-state index contributed by atoms with van der Waals surface area (Å²) in [5, 5.41) is 12.3. The maximum Gasteiger partial charge on any atom is 0.356 e. The lowest BCUT2D eigenvalue weighted by atomic mass is 9.77. The van der Waals surface area contributed by atoms with Gasteiger partial charge in [-0.3, -0.25) is 14.5 Å². The second kappa shape index (κ2) is 25.2. The molecule has 2 aliphatic heterocycles. The Bertz CT molecular complexity index is 3380. The summed E-state index contributed by atoms with van der Waals surface area (Å²) in [6.45, 7) is 1.27. The van der Waals surface area contributed by atoms with Crippen molar-refractivity contribution in [2.45, 2.75) is 42.5 Å². The maximum atomic E-state index is 14.9. The lowest BCUT2D eigenvalue weighted by molar-refractivity contribution is -0.154. The summed E-state index contributed by atoms with van der Waals surface area (Å²) < 4.78 is 12.4. The van der Waals surface area contributed by atoms with Crippen molar-refractivity contribution >= 4 is 57.7 Å². The number of amides is 2. The Morgan fingerprint density at radius 2 is 1.16 bits per heavy atom. The van der Waals surface area contributed by atoms with Gasteiger partial charge in [0.1, 0.15) is 28.3 Å². The molecule has 12 nitrogen and oxygen atoms in total. The van der Waals surface area contributed by atoms with E-state index in [1.165, 1.54) is 28.0 Å². The van der Waals surface area contributed by atoms with E-state index < -0.39 is 59.5 Å². The van der Waals surface area contributed by atoms with Gasteiger partial charge >= 0.3 is 11.9 Å². The van der Waals surface area contributed by atoms with Crippen LogP contribution in [0.2, 0.25) is 0 Å². The zero-order chi connectivity index (χ0) is 54.4. The Hall–Kier alpha value is -9.29. The molecule has 392 valence electrons. The van der Waals surface area contributed by atoms with Crippen LogP contribution >= 0.6 is 23.1 Å². The Morgan fingerprint density at radius 3 is 1.65 bits per heavy atom. The summed E-state index contributed by atoms with van der Waals surface area (Å²) >= 11 is 2.61. The van der Waals surface area contributed by atoms with Gasteiger partial charge in [0.2, 0.25) is 6.61 Å². The monoisotopic (exact) mass is 1080 g/mol. The number of oxime groups is 1. The quantitative estimate of drug-likeness (QED) is 0.0200. The van der Waals surface area contributed by atoms with Crippen LogP contribution in [0.25, 0.3) is 0 Å². The molecule has 0 saturated carbocycles. The van der Waals surface area contributed by atoms with Crippen molar-refractivity contribution in [2.75, 3.05) is 17.7 Å². The Labute approximate surface area is 466 Å². The Morgan fingerprint density at radius 1 is 0.696 bits per heavy atom. The van der Waals surface area contributed by atoms with Crippen LogP contribution in [-0.4, -0.2) is 63.1 Å². The number of hydrogen-bond donors (Lipinski definition) is 2. The fourth-order valence-corrected chi connectivity index (χ4v) is 11.6. The molecule has 0 aliphatic carbocycles. The molecule has 7 aromatic carbocycles. The third-order valence-corrected chi connectivity index (χ3v) is 15.3. The van der Waals surface area contributed by atoms with Gasteiger partial charge in [0.05, 0.1) is 0 Å². The first-order valence-electron chi connectivity index (χ1n) is 25.7. The van der Waals surface area contributed by atoms with Crippen LogP contribution in [0, 0.1) is 11.8 Å². The number of rotatable bonds is 19. The SMILES string of the molecule is CCC#C/C=C/C1=C(C(=O)OC(c2ccccc2)c2ccccc2)N2C(=O)[C@@H](NC(=O)/C(=N\OCC(=O)OC(c3ccccc3)c3ccccc3)c3csc(NC(c4ccccc4)(c4ccccc4)c4ccccc4)n3)[C@H]2SC1. The summed E-state index contributed by atoms with van der Waals surface area (Å²) in [5.74, 6) is 3.48. The van der Waals surface area contributed by atoms with Gasteiger partial charge in [-0.15, -0.1) is 23.1 Å². The van der Waals surface area contributed by atoms with Crippen molar-refractivity contribution in [3.63, 3.8) is 0 Å². The van der Waals surface area contributed by atoms with E-state index in [2.05, 4.69) is 27.6 Å². The Kier molecular flexibility index (Phi) is 17.0. The fraction of sp³-hybridized carbons (Fsp3) is 0.138. The zero-order valence-corrected chi connectivity index (χ0v) is 44.5. The van der Waals surface area contributed by atoms with Crippen LogP contribution in [0.15, 0.2) is 246 Å². The number of thioether (sulfide) groups is 1. The molecule has 2 N–H and O–H groups in total. The van der Waals surface area contributed by atoms with E-state index in [-0.39, 0.29) is 17.1 Å². The summed E-state index contributed by atoms with van der Waals surface area (Å²) in [4.78, 5) is 69.9. The number of nitrogens with zero attached hydrogens (tertiary/aromatic N) is 3. The number of thiazole rings is 1. The van der Waals surface area contributed by atoms with Crippen molar-refractivity contribution in [1.29, 1.82) is 0 Å². The van der Waals surface area contributed by atoms with Crippen LogP contribution in [0.1, 0.15) is 70.2 Å². The van der Waals surface area contributed by atoms with Crippen molar-refractivity contribution in [3.05, 3.63) is 286 Å². The predicted molar refractivity (Wildman–Crippen MR) is 308 cm³/mol. The van der Waals surface area contributed by atoms with Crippen LogP contribution in [-0.2, 0) is 39.0 Å². The standard InChI is InChI=1S/C65H53N5O7S2/c1-2-3-4-12-35-49-43-78-62-56(61(73)70(62)57(49)63(74)77-59(47-31-17-7-18-32-47)48-33-19-8-20-34-48)67-60(72)55(69-75-42-54(71)76-58(45-27-13-5-14-28-45)46-29-15-6-16-30-46)53-44-79-64(66-53)68-65(50-36-21-9-22-37-50,51-38-23-10-24-39-51)52-40-25-11-26-41-52/h5-41,44,56,58-59,62H,2,42-43H2,1H3,(H,66,68)(H,67,72)/b35-12+,69-55-/t56-,62-/m1/s1. The van der Waals surface area contributed by atoms with E-state index in [1.54, 1.807) is 17.5 Å². The maximum absolute atomic E-state index is 14.9. The summed E-state index contributed by atoms with van der Waals surface area (Å²) in [5.41, 5.74) is 5.21. The number of carbonyl (C=O) groups is 4. The highest BCUT2D eigenvalue weighted by Gasteiger charge is 2.55. The van der Waals surface area contributed by atoms with E-state index >= 15 is 0 Å². The van der Waals surface area contributed by atoms with Gasteiger partial charge < -0.3 is 24.9 Å². The lowest BCUT2D eigenvalue weighted by Crippen LogP contribution is -2.71. The van der Waals surface area contributed by atoms with Gasteiger partial charge in [0.25, 0.3) is 11.8 Å². The van der Waals surface area contributed by atoms with Crippen molar-refractivity contribution in [3.8, 4) is 11.8 Å². The number of fused-ring (bicyclic) bond motifs is 1. The average molecular weight is 1080 g/mol. The molecule has 0 unspecified atom stereocenters. The predicted octanol–water partition coefficient (Wildman–Crippen LogP) is 11.6. The molecular formula is C65H53N5O7S2. The second-order valence-corrected chi connectivity index (χ2v) is 20.2. The molecule has 1 saturated heterocycles. The number of esters is 2. The topological polar surface area (TPSA) is 149 Å². The number of benzene rings is 7. The smallest absolute Gasteiger partial charge is 0.356 e. The zero-order valence-electron chi connectivity index (χ0n) is 42.9. The highest BCUT2D eigenvalue weighted by molar-refractivity contribution is 8.00. The van der Waals surface area contributed by atoms with Gasteiger partial charge in [-0.2, -0.15) is 0 Å². The molecule has 8 aromatic rings. The molecule has 0 bridgehead atoms. The third kappa shape index (κ3) is 12.0. The minimum Gasteiger partial charge on any atom is -0.450 e. The van der Waals surface area contributed by atoms with E-state index in [9.17, 15) is 19.2 Å². The normalized spacial score (nSPS) is 15.2. The minimum absolute atomic E-state index is 0.0552. The highest BCUT2D eigenvalue weighted by Crippen LogP contribution is 2.43. The summed E-state index contributed by atoms with van der Waals surface area (Å²) in [6, 6.07) is 66.3. The third-order valence-electron chi connectivity index (χ3n) is 13.2. The van der Waals surface area contributed by atoms with Gasteiger partial charge in [0, 0.05) is 17.6 Å².